The van der Waals surface area contributed by atoms with E-state index in [9.17, 15) is 14.4 Å². The van der Waals surface area contributed by atoms with Crippen LogP contribution in [0.15, 0.2) is 30.3 Å². The van der Waals surface area contributed by atoms with Crippen molar-refractivity contribution in [3.8, 4) is 0 Å². The highest BCUT2D eigenvalue weighted by Crippen LogP contribution is 2.06. The second-order valence-corrected chi connectivity index (χ2v) is 4.56. The zero-order valence-electron chi connectivity index (χ0n) is 11.4. The van der Waals surface area contributed by atoms with E-state index in [4.69, 9.17) is 16.6 Å². The summed E-state index contributed by atoms with van der Waals surface area (Å²) in [7, 11) is 0. The number of hydrogen-bond acceptors (Lipinski definition) is 6. The van der Waals surface area contributed by atoms with Crippen molar-refractivity contribution < 1.29 is 24.2 Å². The first-order chi connectivity index (χ1) is 9.91. The third-order valence-corrected chi connectivity index (χ3v) is 2.85. The molecule has 2 atom stereocenters. The van der Waals surface area contributed by atoms with Crippen LogP contribution in [0.5, 0.6) is 0 Å². The van der Waals surface area contributed by atoms with Crippen molar-refractivity contribution >= 4 is 17.9 Å². The Hall–Kier alpha value is -2.25. The van der Waals surface area contributed by atoms with Gasteiger partial charge in [-0.15, -0.1) is 0 Å². The molecule has 7 nitrogen and oxygen atoms in total. The number of rotatable bonds is 7. The summed E-state index contributed by atoms with van der Waals surface area (Å²) in [6.07, 6.45) is 0.744. The second-order valence-electron chi connectivity index (χ2n) is 4.56. The lowest BCUT2D eigenvalue weighted by Gasteiger charge is -2.11. The molecule has 0 aliphatic heterocycles. The Morgan fingerprint density at radius 3 is 2.19 bits per heavy atom. The number of esters is 2. The molecule has 1 aromatic carbocycles. The molecule has 0 aromatic heterocycles. The fourth-order valence-electron chi connectivity index (χ4n) is 1.60. The first-order valence-corrected chi connectivity index (χ1v) is 6.47. The Kier molecular flexibility index (Phi) is 6.51. The highest BCUT2D eigenvalue weighted by atomic mass is 16.6. The highest BCUT2D eigenvalue weighted by Gasteiger charge is 2.20. The molecule has 0 spiro atoms. The van der Waals surface area contributed by atoms with Crippen molar-refractivity contribution in [1.29, 1.82) is 0 Å². The maximum absolute atomic E-state index is 11.6. The molecule has 0 aliphatic carbocycles. The number of carboxylic acids is 1. The third-order valence-electron chi connectivity index (χ3n) is 2.85. The Balaban J connectivity index is 2.38. The minimum Gasteiger partial charge on any atom is -0.480 e. The average molecular weight is 294 g/mol. The van der Waals surface area contributed by atoms with Crippen LogP contribution in [0.2, 0.25) is 0 Å². The van der Waals surface area contributed by atoms with Crippen LogP contribution in [0.25, 0.3) is 0 Å². The molecule has 1 rings (SSSR count). The van der Waals surface area contributed by atoms with Gasteiger partial charge in [-0.1, -0.05) is 18.2 Å². The molecule has 21 heavy (non-hydrogen) atoms. The predicted molar refractivity (Wildman–Crippen MR) is 74.3 cm³/mol. The van der Waals surface area contributed by atoms with Gasteiger partial charge in [0, 0.05) is 0 Å². The SMILES string of the molecule is NC(CCC[C@H](N)C(=O)O)C(=O)OC(=O)c1ccccc1. The van der Waals surface area contributed by atoms with E-state index in [1.54, 1.807) is 18.2 Å². The van der Waals surface area contributed by atoms with Crippen LogP contribution in [-0.2, 0) is 14.3 Å². The molecule has 0 fully saturated rings. The Labute approximate surface area is 121 Å². The van der Waals surface area contributed by atoms with Gasteiger partial charge < -0.3 is 21.3 Å². The molecule has 0 amide bonds. The van der Waals surface area contributed by atoms with Crippen LogP contribution in [0, 0.1) is 0 Å². The summed E-state index contributed by atoms with van der Waals surface area (Å²) in [4.78, 5) is 33.8. The molecule has 7 heteroatoms. The van der Waals surface area contributed by atoms with E-state index in [2.05, 4.69) is 4.74 Å². The normalized spacial score (nSPS) is 13.2. The Bertz CT molecular complexity index is 503. The quantitative estimate of drug-likeness (QED) is 0.486. The zero-order valence-corrected chi connectivity index (χ0v) is 11.4. The van der Waals surface area contributed by atoms with Crippen LogP contribution in [0.4, 0.5) is 0 Å². The number of ether oxygens (including phenoxy) is 1. The fraction of sp³-hybridized carbons (Fsp3) is 0.357. The van der Waals surface area contributed by atoms with Gasteiger partial charge in [-0.2, -0.15) is 0 Å². The molecule has 0 heterocycles. The van der Waals surface area contributed by atoms with E-state index >= 15 is 0 Å². The number of hydrogen-bond donors (Lipinski definition) is 3. The minimum atomic E-state index is -1.11. The zero-order chi connectivity index (χ0) is 15.8. The van der Waals surface area contributed by atoms with Crippen LogP contribution < -0.4 is 11.5 Å². The first-order valence-electron chi connectivity index (χ1n) is 6.47. The minimum absolute atomic E-state index is 0.196. The van der Waals surface area contributed by atoms with Crippen molar-refractivity contribution in [2.75, 3.05) is 0 Å². The number of carbonyl (C=O) groups excluding carboxylic acids is 2. The molecule has 114 valence electrons. The summed E-state index contributed by atoms with van der Waals surface area (Å²) in [6, 6.07) is 6.09. The Morgan fingerprint density at radius 2 is 1.62 bits per heavy atom. The summed E-state index contributed by atoms with van der Waals surface area (Å²) in [5, 5.41) is 8.61. The van der Waals surface area contributed by atoms with Gasteiger partial charge in [0.15, 0.2) is 0 Å². The van der Waals surface area contributed by atoms with Gasteiger partial charge in [-0.25, -0.2) is 9.59 Å². The number of aliphatic carboxylic acids is 1. The summed E-state index contributed by atoms with van der Waals surface area (Å²) in [6.45, 7) is 0. The molecular weight excluding hydrogens is 276 g/mol. The number of benzene rings is 1. The van der Waals surface area contributed by atoms with E-state index in [0.717, 1.165) is 0 Å². The van der Waals surface area contributed by atoms with Crippen molar-refractivity contribution in [1.82, 2.24) is 0 Å². The van der Waals surface area contributed by atoms with E-state index in [1.807, 2.05) is 0 Å². The topological polar surface area (TPSA) is 133 Å². The molecule has 0 saturated carbocycles. The van der Waals surface area contributed by atoms with Crippen LogP contribution >= 0.6 is 0 Å². The molecule has 0 aliphatic rings. The van der Waals surface area contributed by atoms with Crippen LogP contribution in [0.1, 0.15) is 29.6 Å². The molecule has 0 radical (unpaired) electrons. The Morgan fingerprint density at radius 1 is 1.05 bits per heavy atom. The van der Waals surface area contributed by atoms with Gasteiger partial charge in [0.2, 0.25) is 0 Å². The lowest BCUT2D eigenvalue weighted by atomic mass is 10.1. The third kappa shape index (κ3) is 5.72. The summed E-state index contributed by atoms with van der Waals surface area (Å²) >= 11 is 0. The number of carboxylic acid groups (broad SMARTS) is 1. The molecule has 0 saturated heterocycles. The predicted octanol–water partition coefficient (Wildman–Crippen LogP) is 0.280. The molecule has 0 bridgehead atoms. The number of carbonyl (C=O) groups is 3. The summed E-state index contributed by atoms with van der Waals surface area (Å²) in [5.74, 6) is -2.71. The van der Waals surface area contributed by atoms with E-state index in [0.29, 0.717) is 6.42 Å². The maximum Gasteiger partial charge on any atom is 0.345 e. The highest BCUT2D eigenvalue weighted by molar-refractivity contribution is 5.97. The fourth-order valence-corrected chi connectivity index (χ4v) is 1.60. The smallest absolute Gasteiger partial charge is 0.345 e. The monoisotopic (exact) mass is 294 g/mol. The maximum atomic E-state index is 11.6. The number of nitrogens with two attached hydrogens (primary N) is 2. The van der Waals surface area contributed by atoms with Crippen molar-refractivity contribution in [3.63, 3.8) is 0 Å². The van der Waals surface area contributed by atoms with Gasteiger partial charge in [0.25, 0.3) is 0 Å². The largest absolute Gasteiger partial charge is 0.480 e. The van der Waals surface area contributed by atoms with Crippen LogP contribution in [0.3, 0.4) is 0 Å². The molecule has 1 unspecified atom stereocenters. The van der Waals surface area contributed by atoms with Gasteiger partial charge in [-0.05, 0) is 31.4 Å². The second kappa shape index (κ2) is 8.13. The lowest BCUT2D eigenvalue weighted by molar-refractivity contribution is -0.139. The van der Waals surface area contributed by atoms with E-state index < -0.39 is 30.0 Å². The van der Waals surface area contributed by atoms with Gasteiger partial charge >= 0.3 is 17.9 Å². The van der Waals surface area contributed by atoms with E-state index in [-0.39, 0.29) is 18.4 Å². The molecule has 1 aromatic rings. The van der Waals surface area contributed by atoms with Crippen LogP contribution in [-0.4, -0.2) is 35.1 Å². The summed E-state index contributed by atoms with van der Waals surface area (Å²) in [5.41, 5.74) is 11.2. The van der Waals surface area contributed by atoms with Gasteiger partial charge in [0.1, 0.15) is 12.1 Å². The van der Waals surface area contributed by atoms with Gasteiger partial charge in [0.05, 0.1) is 5.56 Å². The van der Waals surface area contributed by atoms with Crippen molar-refractivity contribution in [2.45, 2.75) is 31.3 Å². The van der Waals surface area contributed by atoms with Crippen molar-refractivity contribution in [3.05, 3.63) is 35.9 Å². The summed E-state index contributed by atoms with van der Waals surface area (Å²) < 4.78 is 4.65. The average Bonchev–Trinajstić information content (AvgIpc) is 2.47. The van der Waals surface area contributed by atoms with Gasteiger partial charge in [-0.3, -0.25) is 4.79 Å². The van der Waals surface area contributed by atoms with E-state index in [1.165, 1.54) is 12.1 Å². The molecular formula is C14H18N2O5. The first kappa shape index (κ1) is 16.8. The molecule has 5 N–H and O–H groups in total. The lowest BCUT2D eigenvalue weighted by Crippen LogP contribution is -2.35. The standard InChI is InChI=1S/C14H18N2O5/c15-10(12(17)18)7-4-8-11(16)14(20)21-13(19)9-5-2-1-3-6-9/h1-3,5-6,10-11H,4,7-8,15-16H2,(H,17,18)/t10-,11?/m0/s1. The van der Waals surface area contributed by atoms with Crippen molar-refractivity contribution in [2.24, 2.45) is 11.5 Å².